The van der Waals surface area contributed by atoms with Crippen LogP contribution in [0.25, 0.3) is 6.08 Å². The summed E-state index contributed by atoms with van der Waals surface area (Å²) >= 11 is 6.03. The molecule has 1 fully saturated rings. The SMILES string of the molecule is O=C(/C=C/C1=Cc2cc(Cl)ccc2OC1)Nc1ccccc1N1CCCC1=O. The number of nitrogens with one attached hydrogen (secondary N) is 1. The van der Waals surface area contributed by atoms with E-state index in [1.54, 1.807) is 23.1 Å². The maximum absolute atomic E-state index is 12.4. The summed E-state index contributed by atoms with van der Waals surface area (Å²) in [4.78, 5) is 26.2. The van der Waals surface area contributed by atoms with Crippen LogP contribution in [0.5, 0.6) is 5.75 Å². The number of carbonyl (C=O) groups is 2. The zero-order valence-electron chi connectivity index (χ0n) is 15.2. The molecule has 2 aliphatic heterocycles. The molecule has 2 aromatic rings. The van der Waals surface area contributed by atoms with Crippen molar-refractivity contribution in [3.05, 3.63) is 70.8 Å². The lowest BCUT2D eigenvalue weighted by atomic mass is 10.1. The monoisotopic (exact) mass is 394 g/mol. The van der Waals surface area contributed by atoms with Gasteiger partial charge in [0.25, 0.3) is 0 Å². The van der Waals surface area contributed by atoms with E-state index in [1.807, 2.05) is 36.4 Å². The van der Waals surface area contributed by atoms with Crippen LogP contribution in [0.2, 0.25) is 5.02 Å². The van der Waals surface area contributed by atoms with Crippen LogP contribution in [0.4, 0.5) is 11.4 Å². The predicted molar refractivity (Wildman–Crippen MR) is 111 cm³/mol. The van der Waals surface area contributed by atoms with E-state index in [4.69, 9.17) is 16.3 Å². The lowest BCUT2D eigenvalue weighted by Crippen LogP contribution is -2.25. The molecule has 2 aromatic carbocycles. The van der Waals surface area contributed by atoms with Gasteiger partial charge in [-0.2, -0.15) is 0 Å². The van der Waals surface area contributed by atoms with Gasteiger partial charge >= 0.3 is 0 Å². The van der Waals surface area contributed by atoms with Crippen LogP contribution in [0.1, 0.15) is 18.4 Å². The minimum atomic E-state index is -0.267. The van der Waals surface area contributed by atoms with Gasteiger partial charge in [-0.25, -0.2) is 0 Å². The van der Waals surface area contributed by atoms with Crippen molar-refractivity contribution in [2.75, 3.05) is 23.4 Å². The summed E-state index contributed by atoms with van der Waals surface area (Å²) in [5.74, 6) is 0.589. The average Bonchev–Trinajstić information content (AvgIpc) is 3.12. The molecule has 28 heavy (non-hydrogen) atoms. The fraction of sp³-hybridized carbons (Fsp3) is 0.182. The Morgan fingerprint density at radius 3 is 2.89 bits per heavy atom. The van der Waals surface area contributed by atoms with Crippen molar-refractivity contribution >= 4 is 40.9 Å². The zero-order valence-corrected chi connectivity index (χ0v) is 15.9. The van der Waals surface area contributed by atoms with E-state index < -0.39 is 0 Å². The Balaban J connectivity index is 1.48. The van der Waals surface area contributed by atoms with Crippen molar-refractivity contribution in [2.24, 2.45) is 0 Å². The highest BCUT2D eigenvalue weighted by atomic mass is 35.5. The number of halogens is 1. The maximum atomic E-state index is 12.4. The topological polar surface area (TPSA) is 58.6 Å². The van der Waals surface area contributed by atoms with E-state index in [9.17, 15) is 9.59 Å². The smallest absolute Gasteiger partial charge is 0.248 e. The highest BCUT2D eigenvalue weighted by Crippen LogP contribution is 2.30. The van der Waals surface area contributed by atoms with Crippen LogP contribution in [-0.4, -0.2) is 25.0 Å². The highest BCUT2D eigenvalue weighted by Gasteiger charge is 2.23. The van der Waals surface area contributed by atoms with Crippen LogP contribution in [0.15, 0.2) is 60.2 Å². The van der Waals surface area contributed by atoms with Gasteiger partial charge in [0.05, 0.1) is 11.4 Å². The lowest BCUT2D eigenvalue weighted by molar-refractivity contribution is -0.117. The Morgan fingerprint density at radius 1 is 1.21 bits per heavy atom. The fourth-order valence-electron chi connectivity index (χ4n) is 3.34. The van der Waals surface area contributed by atoms with Gasteiger partial charge in [0.2, 0.25) is 11.8 Å². The van der Waals surface area contributed by atoms with Crippen LogP contribution in [0, 0.1) is 0 Å². The number of nitrogens with zero attached hydrogens (tertiary/aromatic N) is 1. The lowest BCUT2D eigenvalue weighted by Gasteiger charge is -2.19. The minimum Gasteiger partial charge on any atom is -0.488 e. The van der Waals surface area contributed by atoms with E-state index in [2.05, 4.69) is 5.32 Å². The summed E-state index contributed by atoms with van der Waals surface area (Å²) in [5, 5.41) is 3.50. The van der Waals surface area contributed by atoms with Crippen LogP contribution >= 0.6 is 11.6 Å². The second-order valence-corrected chi connectivity index (χ2v) is 7.12. The molecule has 2 amide bonds. The van der Waals surface area contributed by atoms with Crippen LogP contribution < -0.4 is 15.0 Å². The van der Waals surface area contributed by atoms with Gasteiger partial charge in [0.15, 0.2) is 0 Å². The molecule has 0 aliphatic carbocycles. The van der Waals surface area contributed by atoms with Crippen molar-refractivity contribution in [3.8, 4) is 5.75 Å². The largest absolute Gasteiger partial charge is 0.488 e. The van der Waals surface area contributed by atoms with E-state index in [0.717, 1.165) is 29.0 Å². The predicted octanol–water partition coefficient (Wildman–Crippen LogP) is 4.44. The van der Waals surface area contributed by atoms with Crippen molar-refractivity contribution in [1.29, 1.82) is 0 Å². The molecule has 0 unspecified atom stereocenters. The Labute approximate surface area is 168 Å². The first-order valence-corrected chi connectivity index (χ1v) is 9.49. The second kappa shape index (κ2) is 7.90. The van der Waals surface area contributed by atoms with E-state index in [-0.39, 0.29) is 11.8 Å². The molecule has 5 nitrogen and oxygen atoms in total. The fourth-order valence-corrected chi connectivity index (χ4v) is 3.52. The summed E-state index contributed by atoms with van der Waals surface area (Å²) in [5.41, 5.74) is 3.11. The third-order valence-corrected chi connectivity index (χ3v) is 4.92. The van der Waals surface area contributed by atoms with Gasteiger partial charge in [-0.05, 0) is 48.4 Å². The molecule has 4 rings (SSSR count). The minimum absolute atomic E-state index is 0.0825. The molecule has 0 aromatic heterocycles. The van der Waals surface area contributed by atoms with Crippen molar-refractivity contribution in [3.63, 3.8) is 0 Å². The molecule has 1 N–H and O–H groups in total. The summed E-state index contributed by atoms with van der Waals surface area (Å²) in [7, 11) is 0. The molecule has 0 radical (unpaired) electrons. The maximum Gasteiger partial charge on any atom is 0.248 e. The summed E-state index contributed by atoms with van der Waals surface area (Å²) < 4.78 is 5.69. The molecule has 6 heteroatoms. The van der Waals surface area contributed by atoms with Gasteiger partial charge in [-0.1, -0.05) is 29.8 Å². The number of carbonyl (C=O) groups excluding carboxylic acids is 2. The molecular weight excluding hydrogens is 376 g/mol. The molecule has 0 atom stereocenters. The first-order valence-electron chi connectivity index (χ1n) is 9.11. The van der Waals surface area contributed by atoms with E-state index >= 15 is 0 Å². The number of anilines is 2. The Kier molecular flexibility index (Phi) is 5.17. The number of amides is 2. The molecule has 0 bridgehead atoms. The van der Waals surface area contributed by atoms with Crippen molar-refractivity contribution < 1.29 is 14.3 Å². The Hall–Kier alpha value is -3.05. The average molecular weight is 395 g/mol. The van der Waals surface area contributed by atoms with Gasteiger partial charge in [-0.15, -0.1) is 0 Å². The molecule has 0 spiro atoms. The number of hydrogen-bond donors (Lipinski definition) is 1. The quantitative estimate of drug-likeness (QED) is 0.780. The second-order valence-electron chi connectivity index (χ2n) is 6.68. The van der Waals surface area contributed by atoms with Crippen LogP contribution in [-0.2, 0) is 9.59 Å². The Bertz CT molecular complexity index is 997. The summed E-state index contributed by atoms with van der Waals surface area (Å²) in [6.45, 7) is 1.06. The highest BCUT2D eigenvalue weighted by molar-refractivity contribution is 6.30. The number of ether oxygens (including phenoxy) is 1. The van der Waals surface area contributed by atoms with E-state index in [1.165, 1.54) is 6.08 Å². The summed E-state index contributed by atoms with van der Waals surface area (Å²) in [6, 6.07) is 12.8. The molecule has 2 heterocycles. The summed E-state index contributed by atoms with van der Waals surface area (Å²) in [6.07, 6.45) is 6.52. The molecule has 0 saturated carbocycles. The standard InChI is InChI=1S/C22H19ClN2O3/c23-17-8-9-20-16(13-17)12-15(14-28-20)7-10-21(26)24-18-4-1-2-5-19(18)25-11-3-6-22(25)27/h1-2,4-5,7-10,12-13H,3,6,11,14H2,(H,24,26)/b10-7+. The molecule has 1 saturated heterocycles. The third-order valence-electron chi connectivity index (χ3n) is 4.68. The molecule has 2 aliphatic rings. The number of rotatable bonds is 4. The van der Waals surface area contributed by atoms with Crippen LogP contribution in [0.3, 0.4) is 0 Å². The first-order chi connectivity index (χ1) is 13.6. The van der Waals surface area contributed by atoms with Gasteiger partial charge in [0, 0.05) is 29.6 Å². The number of hydrogen-bond acceptors (Lipinski definition) is 3. The van der Waals surface area contributed by atoms with Gasteiger partial charge < -0.3 is 15.0 Å². The molecule has 142 valence electrons. The van der Waals surface area contributed by atoms with Crippen molar-refractivity contribution in [2.45, 2.75) is 12.8 Å². The third kappa shape index (κ3) is 3.94. The number of para-hydroxylation sites is 2. The van der Waals surface area contributed by atoms with Gasteiger partial charge in [-0.3, -0.25) is 9.59 Å². The zero-order chi connectivity index (χ0) is 19.5. The molecular formula is C22H19ClN2O3. The normalized spacial score (nSPS) is 16.0. The Morgan fingerprint density at radius 2 is 2.07 bits per heavy atom. The van der Waals surface area contributed by atoms with Gasteiger partial charge in [0.1, 0.15) is 12.4 Å². The number of benzene rings is 2. The number of fused-ring (bicyclic) bond motifs is 1. The van der Waals surface area contributed by atoms with Crippen molar-refractivity contribution in [1.82, 2.24) is 0 Å². The first kappa shape index (κ1) is 18.3. The van der Waals surface area contributed by atoms with E-state index in [0.29, 0.717) is 30.3 Å².